The first-order chi connectivity index (χ1) is 14.2. The number of benzene rings is 1. The summed E-state index contributed by atoms with van der Waals surface area (Å²) >= 11 is 0. The SMILES string of the molecule is O=c1[nH]c(Cc2nc(-c3[nH]ncc3F)no2)nc2ccc(-c3ccccn3)cc12. The molecule has 0 aliphatic carbocycles. The number of aromatic amines is 2. The predicted octanol–water partition coefficient (Wildman–Crippen LogP) is 2.49. The highest BCUT2D eigenvalue weighted by Gasteiger charge is 2.16. The molecule has 1 aromatic carbocycles. The molecule has 0 bridgehead atoms. The van der Waals surface area contributed by atoms with Gasteiger partial charge in [0.25, 0.3) is 5.56 Å². The second-order valence-corrected chi connectivity index (χ2v) is 6.24. The van der Waals surface area contributed by atoms with Crippen molar-refractivity contribution < 1.29 is 8.91 Å². The minimum atomic E-state index is -0.585. The quantitative estimate of drug-likeness (QED) is 0.483. The maximum atomic E-state index is 13.6. The highest BCUT2D eigenvalue weighted by atomic mass is 19.1. The van der Waals surface area contributed by atoms with Gasteiger partial charge < -0.3 is 9.51 Å². The van der Waals surface area contributed by atoms with Gasteiger partial charge in [-0.15, -0.1) is 0 Å². The molecule has 0 amide bonds. The van der Waals surface area contributed by atoms with Crippen molar-refractivity contribution in [2.45, 2.75) is 6.42 Å². The zero-order valence-electron chi connectivity index (χ0n) is 14.8. The van der Waals surface area contributed by atoms with Crippen molar-refractivity contribution in [2.24, 2.45) is 0 Å². The van der Waals surface area contributed by atoms with Gasteiger partial charge in [-0.05, 0) is 24.3 Å². The normalized spacial score (nSPS) is 11.2. The molecule has 0 saturated carbocycles. The van der Waals surface area contributed by atoms with E-state index in [1.807, 2.05) is 24.3 Å². The summed E-state index contributed by atoms with van der Waals surface area (Å²) in [7, 11) is 0. The first-order valence-electron chi connectivity index (χ1n) is 8.63. The van der Waals surface area contributed by atoms with E-state index in [-0.39, 0.29) is 29.4 Å². The fourth-order valence-corrected chi connectivity index (χ4v) is 2.96. The minimum Gasteiger partial charge on any atom is -0.338 e. The van der Waals surface area contributed by atoms with Gasteiger partial charge in [0.2, 0.25) is 11.7 Å². The lowest BCUT2D eigenvalue weighted by Crippen LogP contribution is -2.12. The largest absolute Gasteiger partial charge is 0.338 e. The summed E-state index contributed by atoms with van der Waals surface area (Å²) in [4.78, 5) is 28.2. The second-order valence-electron chi connectivity index (χ2n) is 6.24. The smallest absolute Gasteiger partial charge is 0.258 e. The summed E-state index contributed by atoms with van der Waals surface area (Å²) in [6.07, 6.45) is 2.81. The molecule has 2 N–H and O–H groups in total. The molecule has 0 spiro atoms. The van der Waals surface area contributed by atoms with Gasteiger partial charge >= 0.3 is 0 Å². The van der Waals surface area contributed by atoms with E-state index in [9.17, 15) is 9.18 Å². The summed E-state index contributed by atoms with van der Waals surface area (Å²) in [6.45, 7) is 0. The first-order valence-corrected chi connectivity index (χ1v) is 8.63. The monoisotopic (exact) mass is 389 g/mol. The molecule has 4 aromatic heterocycles. The summed E-state index contributed by atoms with van der Waals surface area (Å²) in [5, 5.41) is 10.2. The van der Waals surface area contributed by atoms with Crippen molar-refractivity contribution in [2.75, 3.05) is 0 Å². The van der Waals surface area contributed by atoms with E-state index < -0.39 is 5.82 Å². The van der Waals surface area contributed by atoms with Gasteiger partial charge in [-0.25, -0.2) is 9.37 Å². The van der Waals surface area contributed by atoms with Crippen LogP contribution in [0.15, 0.2) is 58.1 Å². The maximum absolute atomic E-state index is 13.6. The van der Waals surface area contributed by atoms with Crippen LogP contribution in [0.3, 0.4) is 0 Å². The van der Waals surface area contributed by atoms with Gasteiger partial charge in [0.15, 0.2) is 5.82 Å². The first kappa shape index (κ1) is 16.9. The standard InChI is InChI=1S/C19H12FN7O2/c20-12-9-22-26-17(12)18-25-16(29-27-18)8-15-23-14-5-4-10(7-11(14)19(28)24-15)13-3-1-2-6-21-13/h1-7,9H,8H2,(H,22,26)(H,23,24,28). The Balaban J connectivity index is 1.47. The molecule has 9 nitrogen and oxygen atoms in total. The van der Waals surface area contributed by atoms with Crippen LogP contribution in [0.1, 0.15) is 11.7 Å². The van der Waals surface area contributed by atoms with Gasteiger partial charge in [-0.1, -0.05) is 17.3 Å². The third-order valence-electron chi connectivity index (χ3n) is 4.32. The van der Waals surface area contributed by atoms with Crippen LogP contribution >= 0.6 is 0 Å². The van der Waals surface area contributed by atoms with Crippen LogP contribution in [-0.4, -0.2) is 35.3 Å². The van der Waals surface area contributed by atoms with Crippen molar-refractivity contribution in [3.05, 3.63) is 76.7 Å². The average Bonchev–Trinajstić information content (AvgIpc) is 3.37. The third-order valence-corrected chi connectivity index (χ3v) is 4.32. The molecule has 0 radical (unpaired) electrons. The Morgan fingerprint density at radius 1 is 1.14 bits per heavy atom. The average molecular weight is 389 g/mol. The molecular weight excluding hydrogens is 377 g/mol. The lowest BCUT2D eigenvalue weighted by molar-refractivity contribution is 0.383. The minimum absolute atomic E-state index is 0.0296. The molecule has 0 aliphatic rings. The molecule has 0 fully saturated rings. The maximum Gasteiger partial charge on any atom is 0.258 e. The van der Waals surface area contributed by atoms with E-state index in [4.69, 9.17) is 4.52 Å². The number of pyridine rings is 1. The van der Waals surface area contributed by atoms with Gasteiger partial charge in [0.1, 0.15) is 11.5 Å². The van der Waals surface area contributed by atoms with Crippen LogP contribution in [0.4, 0.5) is 4.39 Å². The Hall–Kier alpha value is -4.21. The van der Waals surface area contributed by atoms with Crippen LogP contribution < -0.4 is 5.56 Å². The third kappa shape index (κ3) is 3.16. The van der Waals surface area contributed by atoms with Crippen LogP contribution in [0.2, 0.25) is 0 Å². The zero-order valence-corrected chi connectivity index (χ0v) is 14.8. The number of nitrogens with zero attached hydrogens (tertiary/aromatic N) is 5. The number of hydrogen-bond donors (Lipinski definition) is 2. The molecule has 0 saturated heterocycles. The predicted molar refractivity (Wildman–Crippen MR) is 100 cm³/mol. The van der Waals surface area contributed by atoms with E-state index >= 15 is 0 Å². The van der Waals surface area contributed by atoms with E-state index in [2.05, 4.69) is 35.3 Å². The van der Waals surface area contributed by atoms with Crippen LogP contribution in [-0.2, 0) is 6.42 Å². The molecule has 0 aliphatic heterocycles. The van der Waals surface area contributed by atoms with Gasteiger partial charge in [-0.2, -0.15) is 10.1 Å². The molecule has 10 heteroatoms. The van der Waals surface area contributed by atoms with Crippen LogP contribution in [0.25, 0.3) is 33.7 Å². The van der Waals surface area contributed by atoms with Crippen molar-refractivity contribution in [1.82, 2.24) is 35.3 Å². The molecule has 5 rings (SSSR count). The van der Waals surface area contributed by atoms with Crippen LogP contribution in [0, 0.1) is 5.82 Å². The number of nitrogens with one attached hydrogen (secondary N) is 2. The molecule has 0 atom stereocenters. The lowest BCUT2D eigenvalue weighted by atomic mass is 10.1. The highest BCUT2D eigenvalue weighted by molar-refractivity contribution is 5.83. The Morgan fingerprint density at radius 2 is 2.07 bits per heavy atom. The van der Waals surface area contributed by atoms with Gasteiger partial charge in [-0.3, -0.25) is 14.9 Å². The Morgan fingerprint density at radius 3 is 2.86 bits per heavy atom. The number of fused-ring (bicyclic) bond motifs is 1. The Bertz CT molecular complexity index is 1370. The van der Waals surface area contributed by atoms with E-state index in [0.29, 0.717) is 16.7 Å². The lowest BCUT2D eigenvalue weighted by Gasteiger charge is -2.04. The zero-order chi connectivity index (χ0) is 19.8. The summed E-state index contributed by atoms with van der Waals surface area (Å²) in [5.41, 5.74) is 1.86. The Kier molecular flexibility index (Phi) is 3.94. The number of hydrogen-bond acceptors (Lipinski definition) is 7. The molecule has 5 aromatic rings. The summed E-state index contributed by atoms with van der Waals surface area (Å²) in [6, 6.07) is 10.9. The second kappa shape index (κ2) is 6.75. The van der Waals surface area contributed by atoms with E-state index in [1.54, 1.807) is 18.3 Å². The van der Waals surface area contributed by atoms with Crippen molar-refractivity contribution in [3.8, 4) is 22.8 Å². The fourth-order valence-electron chi connectivity index (χ4n) is 2.96. The van der Waals surface area contributed by atoms with E-state index in [0.717, 1.165) is 17.5 Å². The van der Waals surface area contributed by atoms with Crippen LogP contribution in [0.5, 0.6) is 0 Å². The fraction of sp³-hybridized carbons (Fsp3) is 0.0526. The summed E-state index contributed by atoms with van der Waals surface area (Å²) < 4.78 is 18.7. The van der Waals surface area contributed by atoms with Crippen molar-refractivity contribution in [1.29, 1.82) is 0 Å². The molecule has 0 unspecified atom stereocenters. The number of H-pyrrole nitrogens is 2. The van der Waals surface area contributed by atoms with Crippen molar-refractivity contribution >= 4 is 10.9 Å². The van der Waals surface area contributed by atoms with Gasteiger partial charge in [0, 0.05) is 11.8 Å². The number of aromatic nitrogens is 7. The number of rotatable bonds is 4. The Labute approximate surface area is 161 Å². The molecule has 142 valence electrons. The summed E-state index contributed by atoms with van der Waals surface area (Å²) in [5.74, 6) is -0.00795. The number of halogens is 1. The topological polar surface area (TPSA) is 126 Å². The molecule has 4 heterocycles. The highest BCUT2D eigenvalue weighted by Crippen LogP contribution is 2.21. The molecular formula is C19H12FN7O2. The molecule has 29 heavy (non-hydrogen) atoms. The van der Waals surface area contributed by atoms with Crippen molar-refractivity contribution in [3.63, 3.8) is 0 Å². The van der Waals surface area contributed by atoms with Gasteiger partial charge in [0.05, 0.1) is 29.2 Å². The van der Waals surface area contributed by atoms with E-state index in [1.165, 1.54) is 0 Å².